The zero-order valence-electron chi connectivity index (χ0n) is 11.3. The van der Waals surface area contributed by atoms with Crippen molar-refractivity contribution in [3.63, 3.8) is 0 Å². The normalized spacial score (nSPS) is 15.9. The highest BCUT2D eigenvalue weighted by Gasteiger charge is 2.27. The molecule has 1 aromatic carbocycles. The molecule has 4 N–H and O–H groups in total. The highest BCUT2D eigenvalue weighted by atomic mass is 16.2. The SMILES string of the molecule is C[C@H](N)C(=O)Nc1cccc(-c2n[nH]c(C3CC3)n2)c1. The van der Waals surface area contributed by atoms with Crippen LogP contribution in [0.2, 0.25) is 0 Å². The molecule has 1 aromatic heterocycles. The lowest BCUT2D eigenvalue weighted by Crippen LogP contribution is -2.32. The van der Waals surface area contributed by atoms with Gasteiger partial charge in [-0.25, -0.2) is 4.98 Å². The topological polar surface area (TPSA) is 96.7 Å². The van der Waals surface area contributed by atoms with Crippen LogP contribution in [-0.4, -0.2) is 27.1 Å². The molecular formula is C14H17N5O. The Labute approximate surface area is 116 Å². The zero-order chi connectivity index (χ0) is 14.1. The lowest BCUT2D eigenvalue weighted by Gasteiger charge is -2.08. The van der Waals surface area contributed by atoms with Crippen molar-refractivity contribution in [1.29, 1.82) is 0 Å². The molecule has 1 fully saturated rings. The van der Waals surface area contributed by atoms with E-state index in [4.69, 9.17) is 5.73 Å². The summed E-state index contributed by atoms with van der Waals surface area (Å²) in [5, 5.41) is 9.97. The summed E-state index contributed by atoms with van der Waals surface area (Å²) >= 11 is 0. The number of carbonyl (C=O) groups is 1. The fourth-order valence-electron chi connectivity index (χ4n) is 1.93. The molecule has 1 saturated carbocycles. The Hall–Kier alpha value is -2.21. The van der Waals surface area contributed by atoms with Gasteiger partial charge in [0, 0.05) is 17.2 Å². The molecule has 1 atom stereocenters. The molecule has 0 aliphatic heterocycles. The van der Waals surface area contributed by atoms with Crippen LogP contribution in [0.5, 0.6) is 0 Å². The van der Waals surface area contributed by atoms with Crippen LogP contribution in [0.15, 0.2) is 24.3 Å². The molecule has 6 nitrogen and oxygen atoms in total. The van der Waals surface area contributed by atoms with Gasteiger partial charge in [-0.05, 0) is 31.9 Å². The van der Waals surface area contributed by atoms with E-state index in [1.807, 2.05) is 24.3 Å². The second kappa shape index (κ2) is 5.05. The molecule has 0 unspecified atom stereocenters. The van der Waals surface area contributed by atoms with E-state index in [-0.39, 0.29) is 5.91 Å². The van der Waals surface area contributed by atoms with E-state index in [0.29, 0.717) is 17.4 Å². The number of rotatable bonds is 4. The Morgan fingerprint density at radius 1 is 1.50 bits per heavy atom. The molecule has 2 aromatic rings. The van der Waals surface area contributed by atoms with Gasteiger partial charge >= 0.3 is 0 Å². The smallest absolute Gasteiger partial charge is 0.240 e. The van der Waals surface area contributed by atoms with Gasteiger partial charge in [-0.1, -0.05) is 12.1 Å². The van der Waals surface area contributed by atoms with Crippen LogP contribution < -0.4 is 11.1 Å². The van der Waals surface area contributed by atoms with Crippen LogP contribution in [0.1, 0.15) is 31.5 Å². The summed E-state index contributed by atoms with van der Waals surface area (Å²) in [7, 11) is 0. The number of nitrogens with two attached hydrogens (primary N) is 1. The molecule has 0 spiro atoms. The fraction of sp³-hybridized carbons (Fsp3) is 0.357. The van der Waals surface area contributed by atoms with Gasteiger partial charge in [0.2, 0.25) is 5.91 Å². The lowest BCUT2D eigenvalue weighted by molar-refractivity contribution is -0.117. The predicted molar refractivity (Wildman–Crippen MR) is 76.1 cm³/mol. The maximum absolute atomic E-state index is 11.6. The van der Waals surface area contributed by atoms with E-state index in [9.17, 15) is 4.79 Å². The number of hydrogen-bond donors (Lipinski definition) is 3. The molecule has 104 valence electrons. The van der Waals surface area contributed by atoms with Gasteiger partial charge < -0.3 is 11.1 Å². The lowest BCUT2D eigenvalue weighted by atomic mass is 10.2. The van der Waals surface area contributed by atoms with E-state index >= 15 is 0 Å². The van der Waals surface area contributed by atoms with Gasteiger partial charge in [0.05, 0.1) is 6.04 Å². The first-order valence-corrected chi connectivity index (χ1v) is 6.72. The van der Waals surface area contributed by atoms with E-state index in [2.05, 4.69) is 20.5 Å². The third-order valence-corrected chi connectivity index (χ3v) is 3.27. The van der Waals surface area contributed by atoms with E-state index in [1.165, 1.54) is 12.8 Å². The second-order valence-corrected chi connectivity index (χ2v) is 5.18. The zero-order valence-corrected chi connectivity index (χ0v) is 11.3. The van der Waals surface area contributed by atoms with Crippen molar-refractivity contribution in [2.75, 3.05) is 5.32 Å². The van der Waals surface area contributed by atoms with Crippen molar-refractivity contribution in [2.24, 2.45) is 5.73 Å². The van der Waals surface area contributed by atoms with Gasteiger partial charge in [0.15, 0.2) is 5.82 Å². The largest absolute Gasteiger partial charge is 0.325 e. The maximum atomic E-state index is 11.6. The number of aromatic nitrogens is 3. The van der Waals surface area contributed by atoms with Crippen molar-refractivity contribution in [3.8, 4) is 11.4 Å². The maximum Gasteiger partial charge on any atom is 0.240 e. The number of nitrogens with zero attached hydrogens (tertiary/aromatic N) is 2. The number of carbonyl (C=O) groups excluding carboxylic acids is 1. The average Bonchev–Trinajstić information content (AvgIpc) is 3.16. The Morgan fingerprint density at radius 3 is 3.00 bits per heavy atom. The van der Waals surface area contributed by atoms with Gasteiger partial charge in [-0.15, -0.1) is 0 Å². The van der Waals surface area contributed by atoms with Crippen LogP contribution >= 0.6 is 0 Å². The number of amides is 1. The summed E-state index contributed by atoms with van der Waals surface area (Å²) in [6, 6.07) is 6.91. The van der Waals surface area contributed by atoms with Gasteiger partial charge in [-0.3, -0.25) is 9.89 Å². The van der Waals surface area contributed by atoms with Crippen LogP contribution in [0.3, 0.4) is 0 Å². The average molecular weight is 271 g/mol. The molecule has 1 heterocycles. The van der Waals surface area contributed by atoms with E-state index < -0.39 is 6.04 Å². The standard InChI is InChI=1S/C14H17N5O/c1-8(15)14(20)16-11-4-2-3-10(7-11)13-17-12(18-19-13)9-5-6-9/h2-4,7-9H,5-6,15H2,1H3,(H,16,20)(H,17,18,19)/t8-/m0/s1. The van der Waals surface area contributed by atoms with Gasteiger partial charge in [-0.2, -0.15) is 5.10 Å². The first-order valence-electron chi connectivity index (χ1n) is 6.72. The molecule has 3 rings (SSSR count). The first-order chi connectivity index (χ1) is 9.63. The van der Waals surface area contributed by atoms with Crippen LogP contribution in [0.25, 0.3) is 11.4 Å². The summed E-state index contributed by atoms with van der Waals surface area (Å²) in [6.07, 6.45) is 2.36. The molecule has 1 amide bonds. The Kier molecular flexibility index (Phi) is 3.23. The fourth-order valence-corrected chi connectivity index (χ4v) is 1.93. The van der Waals surface area contributed by atoms with Crippen LogP contribution in [0, 0.1) is 0 Å². The monoisotopic (exact) mass is 271 g/mol. The summed E-state index contributed by atoms with van der Waals surface area (Å²) in [5.74, 6) is 1.93. The van der Waals surface area contributed by atoms with Crippen molar-refractivity contribution >= 4 is 11.6 Å². The summed E-state index contributed by atoms with van der Waals surface area (Å²) in [5.41, 5.74) is 7.10. The highest BCUT2D eigenvalue weighted by Crippen LogP contribution is 2.38. The summed E-state index contributed by atoms with van der Waals surface area (Å²) in [6.45, 7) is 1.65. The minimum absolute atomic E-state index is 0.212. The number of hydrogen-bond acceptors (Lipinski definition) is 4. The molecule has 0 radical (unpaired) electrons. The number of benzene rings is 1. The van der Waals surface area contributed by atoms with Crippen LogP contribution in [-0.2, 0) is 4.79 Å². The van der Waals surface area contributed by atoms with Crippen molar-refractivity contribution < 1.29 is 4.79 Å². The minimum Gasteiger partial charge on any atom is -0.325 e. The third-order valence-electron chi connectivity index (χ3n) is 3.27. The number of aromatic amines is 1. The van der Waals surface area contributed by atoms with Crippen LogP contribution in [0.4, 0.5) is 5.69 Å². The highest BCUT2D eigenvalue weighted by molar-refractivity contribution is 5.94. The summed E-state index contributed by atoms with van der Waals surface area (Å²) in [4.78, 5) is 16.1. The minimum atomic E-state index is -0.538. The quantitative estimate of drug-likeness (QED) is 0.787. The van der Waals surface area contributed by atoms with Gasteiger partial charge in [0.25, 0.3) is 0 Å². The third kappa shape index (κ3) is 2.70. The van der Waals surface area contributed by atoms with Crippen molar-refractivity contribution in [1.82, 2.24) is 15.2 Å². The summed E-state index contributed by atoms with van der Waals surface area (Å²) < 4.78 is 0. The molecule has 20 heavy (non-hydrogen) atoms. The predicted octanol–water partition coefficient (Wildman–Crippen LogP) is 1.63. The van der Waals surface area contributed by atoms with Crippen molar-refractivity contribution in [2.45, 2.75) is 31.7 Å². The molecule has 0 bridgehead atoms. The van der Waals surface area contributed by atoms with Gasteiger partial charge in [0.1, 0.15) is 5.82 Å². The Morgan fingerprint density at radius 2 is 2.30 bits per heavy atom. The van der Waals surface area contributed by atoms with E-state index in [1.54, 1.807) is 6.92 Å². The number of anilines is 1. The molecule has 1 aliphatic rings. The molecular weight excluding hydrogens is 254 g/mol. The Bertz CT molecular complexity index is 630. The van der Waals surface area contributed by atoms with Crippen molar-refractivity contribution in [3.05, 3.63) is 30.1 Å². The Balaban J connectivity index is 1.80. The number of H-pyrrole nitrogens is 1. The molecule has 1 aliphatic carbocycles. The second-order valence-electron chi connectivity index (χ2n) is 5.18. The van der Waals surface area contributed by atoms with E-state index in [0.717, 1.165) is 11.4 Å². The molecule has 6 heteroatoms. The number of nitrogens with one attached hydrogen (secondary N) is 2. The first kappa shape index (κ1) is 12.8. The molecule has 0 saturated heterocycles.